The van der Waals surface area contributed by atoms with Crippen molar-refractivity contribution in [1.82, 2.24) is 14.5 Å². The molecule has 4 rings (SSSR count). The van der Waals surface area contributed by atoms with Crippen molar-refractivity contribution in [3.8, 4) is 0 Å². The number of carbonyl (C=O) groups excluding carboxylic acids is 4. The second-order valence-corrected chi connectivity index (χ2v) is 12.0. The summed E-state index contributed by atoms with van der Waals surface area (Å²) in [6, 6.07) is 5.60. The maximum atomic E-state index is 13.1. The lowest BCUT2D eigenvalue weighted by atomic mass is 10.0. The summed E-state index contributed by atoms with van der Waals surface area (Å²) in [5.74, 6) is -1.31. The maximum Gasteiger partial charge on any atom is 0.413 e. The first-order valence-electron chi connectivity index (χ1n) is 12.5. The number of nitrogens with one attached hydrogen (secondary N) is 2. The first kappa shape index (κ1) is 28.5. The zero-order valence-electron chi connectivity index (χ0n) is 21.7. The molecule has 1 saturated heterocycles. The van der Waals surface area contributed by atoms with Crippen molar-refractivity contribution in [2.24, 2.45) is 0 Å². The third kappa shape index (κ3) is 6.23. The van der Waals surface area contributed by atoms with Gasteiger partial charge >= 0.3 is 12.2 Å². The number of fused-ring (bicyclic) bond motifs is 1. The van der Waals surface area contributed by atoms with Crippen LogP contribution in [0.25, 0.3) is 0 Å². The van der Waals surface area contributed by atoms with Crippen LogP contribution in [0.15, 0.2) is 29.2 Å². The van der Waals surface area contributed by atoms with Crippen LogP contribution in [-0.2, 0) is 32.5 Å². The Morgan fingerprint density at radius 3 is 2.33 bits per heavy atom. The molecule has 0 aliphatic carbocycles. The van der Waals surface area contributed by atoms with Gasteiger partial charge in [-0.2, -0.15) is 4.31 Å². The Bertz CT molecular complexity index is 1370. The van der Waals surface area contributed by atoms with Crippen molar-refractivity contribution in [3.63, 3.8) is 0 Å². The zero-order valence-corrected chi connectivity index (χ0v) is 23.3. The van der Waals surface area contributed by atoms with Crippen molar-refractivity contribution < 1.29 is 37.1 Å². The molecule has 0 unspecified atom stereocenters. The summed E-state index contributed by atoms with van der Waals surface area (Å²) in [5.41, 5.74) is 0.910. The highest BCUT2D eigenvalue weighted by Crippen LogP contribution is 2.37. The van der Waals surface area contributed by atoms with Crippen LogP contribution in [0.2, 0.25) is 0 Å². The number of amides is 4. The van der Waals surface area contributed by atoms with E-state index in [0.29, 0.717) is 36.5 Å². The first-order valence-corrected chi connectivity index (χ1v) is 14.8. The molecule has 2 aromatic rings. The minimum absolute atomic E-state index is 0.102. The average Bonchev–Trinajstić information content (AvgIpc) is 3.30. The Morgan fingerprint density at radius 1 is 1.00 bits per heavy atom. The lowest BCUT2D eigenvalue weighted by Gasteiger charge is -2.26. The van der Waals surface area contributed by atoms with Crippen LogP contribution in [-0.4, -0.2) is 75.0 Å². The third-order valence-electron chi connectivity index (χ3n) is 6.51. The summed E-state index contributed by atoms with van der Waals surface area (Å²) < 4.78 is 36.9. The van der Waals surface area contributed by atoms with E-state index in [2.05, 4.69) is 15.4 Å². The minimum atomic E-state index is -3.65. The third-order valence-corrected chi connectivity index (χ3v) is 9.55. The highest BCUT2D eigenvalue weighted by atomic mass is 32.2. The van der Waals surface area contributed by atoms with Gasteiger partial charge in [-0.05, 0) is 56.0 Å². The molecule has 3 heterocycles. The van der Waals surface area contributed by atoms with E-state index in [9.17, 15) is 27.6 Å². The first-order chi connectivity index (χ1) is 18.6. The van der Waals surface area contributed by atoms with Crippen molar-refractivity contribution in [1.29, 1.82) is 0 Å². The fourth-order valence-electron chi connectivity index (χ4n) is 4.52. The number of hydrogen-bond donors (Lipinski definition) is 2. The quantitative estimate of drug-likeness (QED) is 0.530. The number of alkyl carbamates (subject to hydrolysis) is 1. The molecule has 12 nitrogen and oxygen atoms in total. The van der Waals surface area contributed by atoms with Crippen molar-refractivity contribution in [2.45, 2.75) is 44.0 Å². The van der Waals surface area contributed by atoms with E-state index in [1.54, 1.807) is 6.92 Å². The average molecular weight is 579 g/mol. The number of nitrogens with zero attached hydrogens (tertiary/aromatic N) is 2. The Balaban J connectivity index is 1.57. The second-order valence-electron chi connectivity index (χ2n) is 8.97. The summed E-state index contributed by atoms with van der Waals surface area (Å²) >= 11 is 1.12. The van der Waals surface area contributed by atoms with E-state index in [-0.39, 0.29) is 34.2 Å². The molecule has 2 aliphatic heterocycles. The molecule has 4 amide bonds. The molecule has 1 fully saturated rings. The van der Waals surface area contributed by atoms with Gasteiger partial charge in [-0.3, -0.25) is 14.9 Å². The van der Waals surface area contributed by atoms with Gasteiger partial charge in [0.25, 0.3) is 11.8 Å². The number of rotatable bonds is 6. The molecular weight excluding hydrogens is 548 g/mol. The second kappa shape index (κ2) is 12.1. The number of thiophene rings is 1. The summed E-state index contributed by atoms with van der Waals surface area (Å²) in [6.07, 6.45) is 1.50. The lowest BCUT2D eigenvalue weighted by molar-refractivity contribution is 0.0936. The van der Waals surface area contributed by atoms with Crippen LogP contribution in [0.1, 0.15) is 57.3 Å². The molecule has 210 valence electrons. The minimum Gasteiger partial charge on any atom is -0.453 e. The Kier molecular flexibility index (Phi) is 8.87. The van der Waals surface area contributed by atoms with Gasteiger partial charge in [0.2, 0.25) is 10.0 Å². The van der Waals surface area contributed by atoms with Crippen molar-refractivity contribution >= 4 is 50.4 Å². The van der Waals surface area contributed by atoms with Gasteiger partial charge in [0.15, 0.2) is 0 Å². The maximum absolute atomic E-state index is 13.1. The van der Waals surface area contributed by atoms with E-state index in [4.69, 9.17) is 4.74 Å². The molecule has 2 N–H and O–H groups in total. The monoisotopic (exact) mass is 578 g/mol. The van der Waals surface area contributed by atoms with Crippen LogP contribution >= 0.6 is 11.3 Å². The highest BCUT2D eigenvalue weighted by molar-refractivity contribution is 7.89. The number of ether oxygens (including phenoxy) is 2. The highest BCUT2D eigenvalue weighted by Gasteiger charge is 2.32. The van der Waals surface area contributed by atoms with Gasteiger partial charge in [0.1, 0.15) is 5.00 Å². The fraction of sp³-hybridized carbons (Fsp3) is 0.440. The standard InChI is InChI=1S/C25H30N4O8S2/c1-3-37-25(33)28-14-11-18-19(15-28)38-23(20(18)22(31)27-24(32)36-2)26-21(30)16-7-9-17(10-8-16)39(34,35)29-12-5-4-6-13-29/h7-10H,3-6,11-15H2,1-2H3,(H,26,30)(H,27,31,32). The fourth-order valence-corrected chi connectivity index (χ4v) is 7.29. The van der Waals surface area contributed by atoms with Gasteiger partial charge in [-0.1, -0.05) is 6.42 Å². The molecule has 1 aromatic carbocycles. The van der Waals surface area contributed by atoms with Gasteiger partial charge < -0.3 is 19.7 Å². The summed E-state index contributed by atoms with van der Waals surface area (Å²) in [6.45, 7) is 3.34. The Labute approximate surface area is 230 Å². The molecular formula is C25H30N4O8S2. The van der Waals surface area contributed by atoms with E-state index >= 15 is 0 Å². The summed E-state index contributed by atoms with van der Waals surface area (Å²) in [5, 5.41) is 5.04. The van der Waals surface area contributed by atoms with E-state index in [1.807, 2.05) is 0 Å². The van der Waals surface area contributed by atoms with E-state index < -0.39 is 34.0 Å². The molecule has 14 heteroatoms. The van der Waals surface area contributed by atoms with Crippen LogP contribution in [0, 0.1) is 0 Å². The number of hydrogen-bond acceptors (Lipinski definition) is 9. The number of piperidine rings is 1. The largest absolute Gasteiger partial charge is 0.453 e. The van der Waals surface area contributed by atoms with Gasteiger partial charge in [-0.15, -0.1) is 11.3 Å². The Morgan fingerprint density at radius 2 is 1.69 bits per heavy atom. The predicted octanol–water partition coefficient (Wildman–Crippen LogP) is 3.19. The number of anilines is 1. The predicted molar refractivity (Wildman–Crippen MR) is 142 cm³/mol. The molecule has 1 aromatic heterocycles. The number of methoxy groups -OCH3 is 1. The number of sulfonamides is 1. The smallest absolute Gasteiger partial charge is 0.413 e. The SMILES string of the molecule is CCOC(=O)N1CCc2c(sc(NC(=O)c3ccc(S(=O)(=O)N4CCCCC4)cc3)c2C(=O)NC(=O)OC)C1. The van der Waals surface area contributed by atoms with Crippen molar-refractivity contribution in [2.75, 3.05) is 38.7 Å². The van der Waals surface area contributed by atoms with Crippen LogP contribution < -0.4 is 10.6 Å². The van der Waals surface area contributed by atoms with Gasteiger partial charge in [0, 0.05) is 30.1 Å². The van der Waals surface area contributed by atoms with Gasteiger partial charge in [-0.25, -0.2) is 18.0 Å². The molecule has 39 heavy (non-hydrogen) atoms. The summed E-state index contributed by atoms with van der Waals surface area (Å²) in [7, 11) is -2.52. The van der Waals surface area contributed by atoms with E-state index in [1.165, 1.54) is 33.5 Å². The number of imide groups is 1. The lowest BCUT2D eigenvalue weighted by Crippen LogP contribution is -2.37. The van der Waals surface area contributed by atoms with Crippen LogP contribution in [0.4, 0.5) is 14.6 Å². The summed E-state index contributed by atoms with van der Waals surface area (Å²) in [4.78, 5) is 52.3. The molecule has 0 bridgehead atoms. The molecule has 0 spiro atoms. The number of carbonyl (C=O) groups is 4. The normalized spacial score (nSPS) is 15.7. The molecule has 0 saturated carbocycles. The van der Waals surface area contributed by atoms with Crippen LogP contribution in [0.3, 0.4) is 0 Å². The van der Waals surface area contributed by atoms with Crippen molar-refractivity contribution in [3.05, 3.63) is 45.8 Å². The zero-order chi connectivity index (χ0) is 28.2. The van der Waals surface area contributed by atoms with E-state index in [0.717, 1.165) is 37.7 Å². The van der Waals surface area contributed by atoms with Crippen LogP contribution in [0.5, 0.6) is 0 Å². The molecule has 2 aliphatic rings. The topological polar surface area (TPSA) is 151 Å². The van der Waals surface area contributed by atoms with Gasteiger partial charge in [0.05, 0.1) is 30.7 Å². The molecule has 0 radical (unpaired) electrons. The molecule has 0 atom stereocenters. The number of benzene rings is 1. The Hall–Kier alpha value is -3.49.